The van der Waals surface area contributed by atoms with Gasteiger partial charge in [-0.1, -0.05) is 12.1 Å². The molecule has 3 rings (SSSR count). The maximum atomic E-state index is 13.4. The molecule has 1 saturated heterocycles. The third kappa shape index (κ3) is 5.38. The van der Waals surface area contributed by atoms with Crippen molar-refractivity contribution < 1.29 is 35.2 Å². The van der Waals surface area contributed by atoms with Gasteiger partial charge in [0, 0.05) is 26.2 Å². The van der Waals surface area contributed by atoms with Crippen LogP contribution in [0.2, 0.25) is 0 Å². The van der Waals surface area contributed by atoms with Crippen LogP contribution in [0, 0.1) is 11.6 Å². The van der Waals surface area contributed by atoms with Crippen molar-refractivity contribution in [2.75, 3.05) is 38.0 Å². The van der Waals surface area contributed by atoms with Crippen molar-refractivity contribution in [3.8, 4) is 0 Å². The maximum Gasteiger partial charge on any atom is 0.418 e. The van der Waals surface area contributed by atoms with Gasteiger partial charge < -0.3 is 5.32 Å². The minimum atomic E-state index is -4.62. The topological polar surface area (TPSA) is 69.7 Å². The zero-order valence-electron chi connectivity index (χ0n) is 16.0. The van der Waals surface area contributed by atoms with Gasteiger partial charge in [0.05, 0.1) is 22.7 Å². The van der Waals surface area contributed by atoms with Crippen molar-refractivity contribution in [2.45, 2.75) is 11.1 Å². The molecule has 168 valence electrons. The van der Waals surface area contributed by atoms with Gasteiger partial charge in [-0.2, -0.15) is 17.5 Å². The summed E-state index contributed by atoms with van der Waals surface area (Å²) in [6.45, 7) is 0.00123. The highest BCUT2D eigenvalue weighted by Gasteiger charge is 2.34. The van der Waals surface area contributed by atoms with Crippen LogP contribution >= 0.6 is 0 Å². The first kappa shape index (κ1) is 23.1. The predicted molar refractivity (Wildman–Crippen MR) is 102 cm³/mol. The second kappa shape index (κ2) is 8.89. The van der Waals surface area contributed by atoms with Crippen LogP contribution in [-0.2, 0) is 21.0 Å². The monoisotopic (exact) mass is 463 g/mol. The van der Waals surface area contributed by atoms with Crippen LogP contribution in [0.3, 0.4) is 0 Å². The Hall–Kier alpha value is -2.57. The van der Waals surface area contributed by atoms with Crippen LogP contribution in [0.1, 0.15) is 5.56 Å². The molecule has 0 unspecified atom stereocenters. The molecule has 0 atom stereocenters. The number of carbonyl (C=O) groups excluding carboxylic acids is 1. The number of amides is 1. The standard InChI is InChI=1S/C19H18F5N3O3S/c20-15-6-5-13(11-16(15)21)31(29,30)27-9-7-26(8-10-27)12-18(28)25-17-4-2-1-3-14(17)19(22,23)24/h1-6,11H,7-10,12H2,(H,25,28). The summed E-state index contributed by atoms with van der Waals surface area (Å²) in [4.78, 5) is 13.4. The molecule has 0 bridgehead atoms. The Kier molecular flexibility index (Phi) is 6.62. The first-order chi connectivity index (χ1) is 14.5. The highest BCUT2D eigenvalue weighted by atomic mass is 32.2. The fourth-order valence-electron chi connectivity index (χ4n) is 3.15. The number of halogens is 5. The predicted octanol–water partition coefficient (Wildman–Crippen LogP) is 2.93. The minimum Gasteiger partial charge on any atom is -0.324 e. The number of carbonyl (C=O) groups is 1. The lowest BCUT2D eigenvalue weighted by molar-refractivity contribution is -0.137. The fraction of sp³-hybridized carbons (Fsp3) is 0.316. The van der Waals surface area contributed by atoms with Crippen LogP contribution in [0.25, 0.3) is 0 Å². The van der Waals surface area contributed by atoms with E-state index in [0.29, 0.717) is 6.07 Å². The minimum absolute atomic E-state index is 0.0201. The zero-order valence-corrected chi connectivity index (χ0v) is 16.8. The summed E-state index contributed by atoms with van der Waals surface area (Å²) in [5, 5.41) is 2.23. The Balaban J connectivity index is 1.59. The van der Waals surface area contributed by atoms with Crippen LogP contribution < -0.4 is 5.32 Å². The van der Waals surface area contributed by atoms with E-state index in [1.54, 1.807) is 4.90 Å². The van der Waals surface area contributed by atoms with E-state index in [1.807, 2.05) is 0 Å². The van der Waals surface area contributed by atoms with Crippen LogP contribution in [0.15, 0.2) is 47.4 Å². The van der Waals surface area contributed by atoms with Gasteiger partial charge in [0.25, 0.3) is 0 Å². The van der Waals surface area contributed by atoms with Gasteiger partial charge in [0.2, 0.25) is 15.9 Å². The highest BCUT2D eigenvalue weighted by molar-refractivity contribution is 7.89. The largest absolute Gasteiger partial charge is 0.418 e. The lowest BCUT2D eigenvalue weighted by atomic mass is 10.1. The maximum absolute atomic E-state index is 13.4. The van der Waals surface area contributed by atoms with E-state index in [4.69, 9.17) is 0 Å². The molecule has 31 heavy (non-hydrogen) atoms. The Morgan fingerprint density at radius 1 is 0.968 bits per heavy atom. The van der Waals surface area contributed by atoms with Crippen molar-refractivity contribution in [2.24, 2.45) is 0 Å². The van der Waals surface area contributed by atoms with Crippen molar-refractivity contribution in [3.05, 3.63) is 59.7 Å². The number of hydrogen-bond acceptors (Lipinski definition) is 4. The molecule has 1 aliphatic rings. The molecule has 1 fully saturated rings. The summed E-state index contributed by atoms with van der Waals surface area (Å²) in [6.07, 6.45) is -4.62. The normalized spacial score (nSPS) is 16.3. The molecular weight excluding hydrogens is 445 g/mol. The molecule has 1 amide bonds. The molecule has 1 aliphatic heterocycles. The average Bonchev–Trinajstić information content (AvgIpc) is 2.70. The molecular formula is C19H18F5N3O3S. The lowest BCUT2D eigenvalue weighted by Crippen LogP contribution is -2.50. The smallest absolute Gasteiger partial charge is 0.324 e. The molecule has 1 N–H and O–H groups in total. The van der Waals surface area contributed by atoms with Crippen LogP contribution in [0.5, 0.6) is 0 Å². The number of para-hydroxylation sites is 1. The van der Waals surface area contributed by atoms with Gasteiger partial charge in [0.1, 0.15) is 0 Å². The van der Waals surface area contributed by atoms with E-state index in [1.165, 1.54) is 12.1 Å². The zero-order chi connectivity index (χ0) is 22.8. The summed E-state index contributed by atoms with van der Waals surface area (Å²) in [5.41, 5.74) is -1.33. The van der Waals surface area contributed by atoms with E-state index >= 15 is 0 Å². The Morgan fingerprint density at radius 3 is 2.23 bits per heavy atom. The van der Waals surface area contributed by atoms with Gasteiger partial charge in [-0.15, -0.1) is 0 Å². The summed E-state index contributed by atoms with van der Waals surface area (Å²) in [7, 11) is -4.05. The highest BCUT2D eigenvalue weighted by Crippen LogP contribution is 2.34. The third-order valence-electron chi connectivity index (χ3n) is 4.73. The first-order valence-corrected chi connectivity index (χ1v) is 10.6. The summed E-state index contributed by atoms with van der Waals surface area (Å²) in [6, 6.07) is 6.87. The summed E-state index contributed by atoms with van der Waals surface area (Å²) in [5.74, 6) is -3.12. The third-order valence-corrected chi connectivity index (χ3v) is 6.63. The molecule has 0 radical (unpaired) electrons. The van der Waals surface area contributed by atoms with Crippen molar-refractivity contribution in [3.63, 3.8) is 0 Å². The number of piperazine rings is 1. The average molecular weight is 463 g/mol. The molecule has 0 aliphatic carbocycles. The van der Waals surface area contributed by atoms with Gasteiger partial charge in [0.15, 0.2) is 11.6 Å². The van der Waals surface area contributed by atoms with E-state index in [2.05, 4.69) is 5.32 Å². The molecule has 2 aromatic rings. The number of nitrogens with zero attached hydrogens (tertiary/aromatic N) is 2. The van der Waals surface area contributed by atoms with Gasteiger partial charge >= 0.3 is 6.18 Å². The van der Waals surface area contributed by atoms with Crippen molar-refractivity contribution in [1.82, 2.24) is 9.21 Å². The van der Waals surface area contributed by atoms with Crippen molar-refractivity contribution in [1.29, 1.82) is 0 Å². The van der Waals surface area contributed by atoms with E-state index in [0.717, 1.165) is 28.6 Å². The van der Waals surface area contributed by atoms with E-state index in [9.17, 15) is 35.2 Å². The number of hydrogen-bond donors (Lipinski definition) is 1. The molecule has 6 nitrogen and oxygen atoms in total. The SMILES string of the molecule is O=C(CN1CCN(S(=O)(=O)c2ccc(F)c(F)c2)CC1)Nc1ccccc1C(F)(F)F. The first-order valence-electron chi connectivity index (χ1n) is 9.12. The van der Waals surface area contributed by atoms with E-state index in [-0.39, 0.29) is 43.3 Å². The van der Waals surface area contributed by atoms with Crippen LogP contribution in [0.4, 0.5) is 27.6 Å². The van der Waals surface area contributed by atoms with E-state index < -0.39 is 39.3 Å². The van der Waals surface area contributed by atoms with Gasteiger partial charge in [-0.3, -0.25) is 9.69 Å². The summed E-state index contributed by atoms with van der Waals surface area (Å²) >= 11 is 0. The second-order valence-electron chi connectivity index (χ2n) is 6.85. The molecule has 12 heteroatoms. The number of nitrogens with one attached hydrogen (secondary N) is 1. The molecule has 0 aromatic heterocycles. The quantitative estimate of drug-likeness (QED) is 0.693. The Labute approximate surface area is 175 Å². The number of rotatable bonds is 5. The summed E-state index contributed by atoms with van der Waals surface area (Å²) < 4.78 is 91.8. The molecule has 1 heterocycles. The van der Waals surface area contributed by atoms with Crippen LogP contribution in [-0.4, -0.2) is 56.3 Å². The number of alkyl halides is 3. The van der Waals surface area contributed by atoms with Crippen molar-refractivity contribution >= 4 is 21.6 Å². The fourth-order valence-corrected chi connectivity index (χ4v) is 4.58. The van der Waals surface area contributed by atoms with Gasteiger partial charge in [-0.05, 0) is 30.3 Å². The molecule has 2 aromatic carbocycles. The number of benzene rings is 2. The molecule has 0 saturated carbocycles. The molecule has 0 spiro atoms. The lowest BCUT2D eigenvalue weighted by Gasteiger charge is -2.33. The van der Waals surface area contributed by atoms with Gasteiger partial charge in [-0.25, -0.2) is 17.2 Å². The number of sulfonamides is 1. The Morgan fingerprint density at radius 2 is 1.61 bits per heavy atom. The Bertz CT molecular complexity index is 1070. The number of anilines is 1. The second-order valence-corrected chi connectivity index (χ2v) is 8.79.